The molecule has 18 heavy (non-hydrogen) atoms. The minimum Gasteiger partial charge on any atom is -0.396 e. The van der Waals surface area contributed by atoms with Crippen LogP contribution in [-0.4, -0.2) is 46.6 Å². The van der Waals surface area contributed by atoms with Gasteiger partial charge in [0.05, 0.1) is 0 Å². The van der Waals surface area contributed by atoms with E-state index < -0.39 is 0 Å². The maximum atomic E-state index is 12.4. The molecule has 2 heterocycles. The molecule has 2 aliphatic heterocycles. The molecule has 0 aromatic rings. The maximum Gasteiger partial charge on any atom is 0.223 e. The summed E-state index contributed by atoms with van der Waals surface area (Å²) < 4.78 is 0. The SMILES string of the molecule is O=C(CC1CCSCC1)N1CCCCC1CCO. The third-order valence-corrected chi connectivity index (χ3v) is 5.26. The first-order chi connectivity index (χ1) is 8.81. The molecule has 0 aromatic carbocycles. The molecule has 2 rings (SSSR count). The number of hydrogen-bond donors (Lipinski definition) is 1. The highest BCUT2D eigenvalue weighted by atomic mass is 32.2. The van der Waals surface area contributed by atoms with Gasteiger partial charge in [0.1, 0.15) is 0 Å². The Balaban J connectivity index is 1.84. The Kier molecular flexibility index (Phi) is 5.83. The largest absolute Gasteiger partial charge is 0.396 e. The Hall–Kier alpha value is -0.220. The predicted molar refractivity (Wildman–Crippen MR) is 75.7 cm³/mol. The predicted octanol–water partition coefficient (Wildman–Crippen LogP) is 2.28. The van der Waals surface area contributed by atoms with Crippen LogP contribution >= 0.6 is 11.8 Å². The summed E-state index contributed by atoms with van der Waals surface area (Å²) in [5.74, 6) is 3.39. The lowest BCUT2D eigenvalue weighted by Gasteiger charge is -2.36. The molecule has 2 aliphatic rings. The van der Waals surface area contributed by atoms with Gasteiger partial charge in [0.25, 0.3) is 0 Å². The van der Waals surface area contributed by atoms with E-state index in [1.807, 2.05) is 11.8 Å². The molecule has 0 spiro atoms. The number of aliphatic hydroxyl groups is 1. The maximum absolute atomic E-state index is 12.4. The summed E-state index contributed by atoms with van der Waals surface area (Å²) in [5, 5.41) is 9.10. The van der Waals surface area contributed by atoms with E-state index in [1.54, 1.807) is 0 Å². The van der Waals surface area contributed by atoms with Gasteiger partial charge in [-0.2, -0.15) is 11.8 Å². The summed E-state index contributed by atoms with van der Waals surface area (Å²) in [6.07, 6.45) is 7.31. The quantitative estimate of drug-likeness (QED) is 0.853. The average molecular weight is 271 g/mol. The van der Waals surface area contributed by atoms with Gasteiger partial charge in [0, 0.05) is 25.6 Å². The highest BCUT2D eigenvalue weighted by Gasteiger charge is 2.28. The molecule has 3 nitrogen and oxygen atoms in total. The van der Waals surface area contributed by atoms with Gasteiger partial charge in [-0.25, -0.2) is 0 Å². The van der Waals surface area contributed by atoms with Crippen LogP contribution in [0, 0.1) is 5.92 Å². The molecule has 0 radical (unpaired) electrons. The smallest absolute Gasteiger partial charge is 0.223 e. The minimum atomic E-state index is 0.203. The zero-order chi connectivity index (χ0) is 12.8. The van der Waals surface area contributed by atoms with Crippen LogP contribution < -0.4 is 0 Å². The van der Waals surface area contributed by atoms with E-state index in [1.165, 1.54) is 30.8 Å². The molecular formula is C14H25NO2S. The van der Waals surface area contributed by atoms with Crippen LogP contribution in [0.2, 0.25) is 0 Å². The number of hydrogen-bond acceptors (Lipinski definition) is 3. The molecule has 1 unspecified atom stereocenters. The van der Waals surface area contributed by atoms with Gasteiger partial charge in [0.15, 0.2) is 0 Å². The first-order valence-corrected chi connectivity index (χ1v) is 8.45. The Morgan fingerprint density at radius 2 is 2.00 bits per heavy atom. The van der Waals surface area contributed by atoms with Crippen LogP contribution in [0.4, 0.5) is 0 Å². The van der Waals surface area contributed by atoms with Crippen LogP contribution in [0.5, 0.6) is 0 Å². The summed E-state index contributed by atoms with van der Waals surface area (Å²) in [6, 6.07) is 0.300. The van der Waals surface area contributed by atoms with Crippen molar-refractivity contribution < 1.29 is 9.90 Å². The summed E-state index contributed by atoms with van der Waals surface area (Å²) in [4.78, 5) is 14.4. The second-order valence-electron chi connectivity index (χ2n) is 5.51. The third-order valence-electron chi connectivity index (χ3n) is 4.21. The summed E-state index contributed by atoms with van der Waals surface area (Å²) in [7, 11) is 0. The normalized spacial score (nSPS) is 26.3. The van der Waals surface area contributed by atoms with E-state index in [9.17, 15) is 4.79 Å². The molecule has 2 saturated heterocycles. The molecule has 104 valence electrons. The Morgan fingerprint density at radius 3 is 2.72 bits per heavy atom. The summed E-state index contributed by atoms with van der Waals surface area (Å²) in [5.41, 5.74) is 0. The van der Waals surface area contributed by atoms with Crippen molar-refractivity contribution in [3.05, 3.63) is 0 Å². The third kappa shape index (κ3) is 3.89. The van der Waals surface area contributed by atoms with Gasteiger partial charge in [-0.1, -0.05) is 0 Å². The van der Waals surface area contributed by atoms with Crippen molar-refractivity contribution in [1.29, 1.82) is 0 Å². The number of aliphatic hydroxyl groups excluding tert-OH is 1. The Bertz CT molecular complexity index is 265. The lowest BCUT2D eigenvalue weighted by molar-refractivity contribution is -0.136. The monoisotopic (exact) mass is 271 g/mol. The van der Waals surface area contributed by atoms with Gasteiger partial charge in [0.2, 0.25) is 5.91 Å². The van der Waals surface area contributed by atoms with E-state index in [2.05, 4.69) is 4.90 Å². The average Bonchev–Trinajstić information content (AvgIpc) is 2.41. The van der Waals surface area contributed by atoms with Crippen molar-refractivity contribution in [2.75, 3.05) is 24.7 Å². The first-order valence-electron chi connectivity index (χ1n) is 7.29. The van der Waals surface area contributed by atoms with E-state index in [0.717, 1.165) is 32.2 Å². The summed E-state index contributed by atoms with van der Waals surface area (Å²) in [6.45, 7) is 1.11. The fraction of sp³-hybridized carbons (Fsp3) is 0.929. The molecule has 2 fully saturated rings. The van der Waals surface area contributed by atoms with Crippen LogP contribution in [-0.2, 0) is 4.79 Å². The van der Waals surface area contributed by atoms with Crippen LogP contribution in [0.15, 0.2) is 0 Å². The Labute approximate surface area is 114 Å². The van der Waals surface area contributed by atoms with Crippen molar-refractivity contribution in [3.63, 3.8) is 0 Å². The highest BCUT2D eigenvalue weighted by molar-refractivity contribution is 7.99. The van der Waals surface area contributed by atoms with E-state index in [0.29, 0.717) is 17.9 Å². The standard InChI is InChI=1S/C14H25NO2S/c16-8-4-13-3-1-2-7-15(13)14(17)11-12-5-9-18-10-6-12/h12-13,16H,1-11H2. The molecule has 1 atom stereocenters. The molecule has 0 aliphatic carbocycles. The molecule has 1 N–H and O–H groups in total. The summed E-state index contributed by atoms with van der Waals surface area (Å²) >= 11 is 2.01. The molecule has 0 bridgehead atoms. The van der Waals surface area contributed by atoms with Gasteiger partial charge >= 0.3 is 0 Å². The lowest BCUT2D eigenvalue weighted by Crippen LogP contribution is -2.44. The minimum absolute atomic E-state index is 0.203. The fourth-order valence-corrected chi connectivity index (χ4v) is 4.30. The van der Waals surface area contributed by atoms with Crippen molar-refractivity contribution >= 4 is 17.7 Å². The first kappa shape index (κ1) is 14.2. The Morgan fingerprint density at radius 1 is 1.22 bits per heavy atom. The van der Waals surface area contributed by atoms with Crippen LogP contribution in [0.25, 0.3) is 0 Å². The second kappa shape index (κ2) is 7.39. The number of thioether (sulfide) groups is 1. The fourth-order valence-electron chi connectivity index (χ4n) is 3.09. The van der Waals surface area contributed by atoms with Crippen molar-refractivity contribution in [1.82, 2.24) is 4.90 Å². The number of carbonyl (C=O) groups is 1. The number of amides is 1. The van der Waals surface area contributed by atoms with E-state index >= 15 is 0 Å². The van der Waals surface area contributed by atoms with E-state index in [-0.39, 0.29) is 6.61 Å². The van der Waals surface area contributed by atoms with Crippen molar-refractivity contribution in [2.24, 2.45) is 5.92 Å². The van der Waals surface area contributed by atoms with Gasteiger partial charge in [-0.15, -0.1) is 0 Å². The zero-order valence-corrected chi connectivity index (χ0v) is 12.0. The second-order valence-corrected chi connectivity index (χ2v) is 6.73. The van der Waals surface area contributed by atoms with Crippen LogP contribution in [0.1, 0.15) is 44.9 Å². The van der Waals surface area contributed by atoms with Crippen molar-refractivity contribution in [2.45, 2.75) is 51.0 Å². The lowest BCUT2D eigenvalue weighted by atomic mass is 9.95. The molecule has 0 saturated carbocycles. The van der Waals surface area contributed by atoms with Gasteiger partial charge in [-0.3, -0.25) is 4.79 Å². The zero-order valence-electron chi connectivity index (χ0n) is 11.1. The molecule has 4 heteroatoms. The molecule has 1 amide bonds. The van der Waals surface area contributed by atoms with E-state index in [4.69, 9.17) is 5.11 Å². The van der Waals surface area contributed by atoms with Gasteiger partial charge in [-0.05, 0) is 55.9 Å². The van der Waals surface area contributed by atoms with Crippen molar-refractivity contribution in [3.8, 4) is 0 Å². The number of nitrogens with zero attached hydrogens (tertiary/aromatic N) is 1. The highest BCUT2D eigenvalue weighted by Crippen LogP contribution is 2.28. The topological polar surface area (TPSA) is 40.5 Å². The number of likely N-dealkylation sites (tertiary alicyclic amines) is 1. The number of rotatable bonds is 4. The number of carbonyl (C=O) groups excluding carboxylic acids is 1. The van der Waals surface area contributed by atoms with Crippen LogP contribution in [0.3, 0.4) is 0 Å². The van der Waals surface area contributed by atoms with Gasteiger partial charge < -0.3 is 10.0 Å². The number of piperidine rings is 1. The molecular weight excluding hydrogens is 246 g/mol. The molecule has 0 aromatic heterocycles.